The van der Waals surface area contributed by atoms with Crippen LogP contribution in [0.2, 0.25) is 0 Å². The maximum atomic E-state index is 10.5. The Morgan fingerprint density at radius 2 is 1.76 bits per heavy atom. The normalized spacial score (nSPS) is 12.1. The standard InChI is InChI=1S/C16H15N3O2/c1-21-14-9-7-13(8-10-14)19-11-17-18-16(19)15(20)12-5-3-2-4-6-12/h2-11,15,20H,1H3. The summed E-state index contributed by atoms with van der Waals surface area (Å²) in [6.45, 7) is 0. The van der Waals surface area contributed by atoms with Crippen LogP contribution in [0.25, 0.3) is 5.69 Å². The van der Waals surface area contributed by atoms with E-state index in [4.69, 9.17) is 4.74 Å². The number of ether oxygens (including phenoxy) is 1. The van der Waals surface area contributed by atoms with Crippen LogP contribution in [0.3, 0.4) is 0 Å². The lowest BCUT2D eigenvalue weighted by molar-refractivity contribution is 0.207. The highest BCUT2D eigenvalue weighted by Crippen LogP contribution is 2.23. The Kier molecular flexibility index (Phi) is 3.66. The zero-order chi connectivity index (χ0) is 14.7. The minimum Gasteiger partial charge on any atom is -0.497 e. The van der Waals surface area contributed by atoms with Gasteiger partial charge in [-0.2, -0.15) is 0 Å². The van der Waals surface area contributed by atoms with Crippen LogP contribution in [0.1, 0.15) is 17.5 Å². The van der Waals surface area contributed by atoms with Gasteiger partial charge in [0.1, 0.15) is 18.2 Å². The molecule has 0 amide bonds. The molecular weight excluding hydrogens is 266 g/mol. The van der Waals surface area contributed by atoms with Crippen molar-refractivity contribution in [2.24, 2.45) is 0 Å². The molecule has 0 radical (unpaired) electrons. The summed E-state index contributed by atoms with van der Waals surface area (Å²) in [5, 5.41) is 18.4. The molecule has 0 aliphatic heterocycles. The van der Waals surface area contributed by atoms with Gasteiger partial charge in [0.2, 0.25) is 0 Å². The summed E-state index contributed by atoms with van der Waals surface area (Å²) in [5.41, 5.74) is 1.64. The predicted molar refractivity (Wildman–Crippen MR) is 78.4 cm³/mol. The van der Waals surface area contributed by atoms with E-state index in [1.54, 1.807) is 18.0 Å². The summed E-state index contributed by atoms with van der Waals surface area (Å²) in [7, 11) is 1.62. The zero-order valence-corrected chi connectivity index (χ0v) is 11.5. The monoisotopic (exact) mass is 281 g/mol. The van der Waals surface area contributed by atoms with Crippen LogP contribution >= 0.6 is 0 Å². The number of rotatable bonds is 4. The summed E-state index contributed by atoms with van der Waals surface area (Å²) in [5.74, 6) is 1.25. The topological polar surface area (TPSA) is 60.2 Å². The van der Waals surface area contributed by atoms with Crippen LogP contribution in [-0.2, 0) is 0 Å². The molecule has 1 N–H and O–H groups in total. The summed E-state index contributed by atoms with van der Waals surface area (Å²) in [6, 6.07) is 16.9. The van der Waals surface area contributed by atoms with E-state index < -0.39 is 6.10 Å². The lowest BCUT2D eigenvalue weighted by Crippen LogP contribution is -2.08. The smallest absolute Gasteiger partial charge is 0.170 e. The van der Waals surface area contributed by atoms with E-state index in [-0.39, 0.29) is 0 Å². The number of hydrogen-bond donors (Lipinski definition) is 1. The molecule has 0 saturated carbocycles. The summed E-state index contributed by atoms with van der Waals surface area (Å²) >= 11 is 0. The minimum atomic E-state index is -0.823. The second-order valence-electron chi connectivity index (χ2n) is 4.57. The molecule has 106 valence electrons. The third-order valence-electron chi connectivity index (χ3n) is 3.28. The third-order valence-corrected chi connectivity index (χ3v) is 3.28. The molecule has 2 aromatic carbocycles. The lowest BCUT2D eigenvalue weighted by Gasteiger charge is -2.12. The molecule has 1 unspecified atom stereocenters. The number of aromatic nitrogens is 3. The van der Waals surface area contributed by atoms with Crippen LogP contribution in [0, 0.1) is 0 Å². The van der Waals surface area contributed by atoms with E-state index in [0.29, 0.717) is 5.82 Å². The van der Waals surface area contributed by atoms with Gasteiger partial charge in [-0.15, -0.1) is 10.2 Å². The molecule has 5 heteroatoms. The Morgan fingerprint density at radius 3 is 2.43 bits per heavy atom. The number of nitrogens with zero attached hydrogens (tertiary/aromatic N) is 3. The van der Waals surface area contributed by atoms with Gasteiger partial charge in [-0.3, -0.25) is 4.57 Å². The van der Waals surface area contributed by atoms with Crippen molar-refractivity contribution in [3.63, 3.8) is 0 Å². The Bertz CT molecular complexity index is 708. The SMILES string of the molecule is COc1ccc(-n2cnnc2C(O)c2ccccc2)cc1. The van der Waals surface area contributed by atoms with E-state index in [0.717, 1.165) is 17.0 Å². The fourth-order valence-electron chi connectivity index (χ4n) is 2.16. The van der Waals surface area contributed by atoms with Crippen molar-refractivity contribution in [3.05, 3.63) is 72.3 Å². The van der Waals surface area contributed by atoms with Crippen LogP contribution in [0.5, 0.6) is 5.75 Å². The minimum absolute atomic E-state index is 0.478. The molecule has 0 aliphatic rings. The molecule has 1 atom stereocenters. The van der Waals surface area contributed by atoms with Crippen LogP contribution in [0.4, 0.5) is 0 Å². The second kappa shape index (κ2) is 5.76. The first-order valence-corrected chi connectivity index (χ1v) is 6.57. The number of aliphatic hydroxyl groups is 1. The van der Waals surface area contributed by atoms with E-state index >= 15 is 0 Å². The molecule has 5 nitrogen and oxygen atoms in total. The Balaban J connectivity index is 1.96. The highest BCUT2D eigenvalue weighted by molar-refractivity contribution is 5.39. The van der Waals surface area contributed by atoms with E-state index in [9.17, 15) is 5.11 Å². The van der Waals surface area contributed by atoms with Crippen LogP contribution < -0.4 is 4.74 Å². The summed E-state index contributed by atoms with van der Waals surface area (Å²) in [6.07, 6.45) is 0.763. The quantitative estimate of drug-likeness (QED) is 0.797. The molecule has 3 rings (SSSR count). The molecule has 3 aromatic rings. The number of aliphatic hydroxyl groups excluding tert-OH is 1. The molecule has 0 fully saturated rings. The van der Waals surface area contributed by atoms with Gasteiger partial charge in [0, 0.05) is 5.69 Å². The Morgan fingerprint density at radius 1 is 1.05 bits per heavy atom. The van der Waals surface area contributed by atoms with E-state index in [1.807, 2.05) is 54.6 Å². The number of hydrogen-bond acceptors (Lipinski definition) is 4. The van der Waals surface area contributed by atoms with Crippen LogP contribution in [-0.4, -0.2) is 27.0 Å². The zero-order valence-electron chi connectivity index (χ0n) is 11.5. The maximum absolute atomic E-state index is 10.5. The largest absolute Gasteiger partial charge is 0.497 e. The first kappa shape index (κ1) is 13.3. The van der Waals surface area contributed by atoms with Crippen molar-refractivity contribution in [1.29, 1.82) is 0 Å². The molecule has 0 aliphatic carbocycles. The maximum Gasteiger partial charge on any atom is 0.170 e. The molecule has 0 spiro atoms. The fourth-order valence-corrected chi connectivity index (χ4v) is 2.16. The average molecular weight is 281 g/mol. The molecule has 1 heterocycles. The van der Waals surface area contributed by atoms with Crippen molar-refractivity contribution in [2.75, 3.05) is 7.11 Å². The molecule has 21 heavy (non-hydrogen) atoms. The Hall–Kier alpha value is -2.66. The van der Waals surface area contributed by atoms with Crippen molar-refractivity contribution in [2.45, 2.75) is 6.10 Å². The van der Waals surface area contributed by atoms with Gasteiger partial charge >= 0.3 is 0 Å². The third kappa shape index (κ3) is 2.64. The second-order valence-corrected chi connectivity index (χ2v) is 4.57. The van der Waals surface area contributed by atoms with E-state index in [2.05, 4.69) is 10.2 Å². The van der Waals surface area contributed by atoms with E-state index in [1.165, 1.54) is 0 Å². The first-order chi connectivity index (χ1) is 10.3. The van der Waals surface area contributed by atoms with Gasteiger partial charge in [-0.05, 0) is 29.8 Å². The van der Waals surface area contributed by atoms with Gasteiger partial charge in [0.15, 0.2) is 5.82 Å². The highest BCUT2D eigenvalue weighted by Gasteiger charge is 2.17. The van der Waals surface area contributed by atoms with Crippen molar-refractivity contribution in [3.8, 4) is 11.4 Å². The van der Waals surface area contributed by atoms with Gasteiger partial charge in [-0.25, -0.2) is 0 Å². The summed E-state index contributed by atoms with van der Waals surface area (Å²) in [4.78, 5) is 0. The van der Waals surface area contributed by atoms with Gasteiger partial charge < -0.3 is 9.84 Å². The Labute approximate surface area is 122 Å². The lowest BCUT2D eigenvalue weighted by atomic mass is 10.1. The van der Waals surface area contributed by atoms with Crippen molar-refractivity contribution >= 4 is 0 Å². The van der Waals surface area contributed by atoms with Gasteiger partial charge in [0.05, 0.1) is 7.11 Å². The highest BCUT2D eigenvalue weighted by atomic mass is 16.5. The van der Waals surface area contributed by atoms with Crippen LogP contribution in [0.15, 0.2) is 60.9 Å². The predicted octanol–water partition coefficient (Wildman–Crippen LogP) is 2.36. The molecule has 0 bridgehead atoms. The van der Waals surface area contributed by atoms with Crippen molar-refractivity contribution in [1.82, 2.24) is 14.8 Å². The van der Waals surface area contributed by atoms with Gasteiger partial charge in [-0.1, -0.05) is 30.3 Å². The summed E-state index contributed by atoms with van der Waals surface area (Å²) < 4.78 is 6.90. The average Bonchev–Trinajstić information content (AvgIpc) is 3.04. The number of benzene rings is 2. The molecule has 0 saturated heterocycles. The molecular formula is C16H15N3O2. The fraction of sp³-hybridized carbons (Fsp3) is 0.125. The first-order valence-electron chi connectivity index (χ1n) is 6.57. The van der Waals surface area contributed by atoms with Crippen molar-refractivity contribution < 1.29 is 9.84 Å². The number of methoxy groups -OCH3 is 1. The molecule has 1 aromatic heterocycles. The van der Waals surface area contributed by atoms with Gasteiger partial charge in [0.25, 0.3) is 0 Å².